The topological polar surface area (TPSA) is 72.0 Å². The van der Waals surface area contributed by atoms with E-state index in [0.717, 1.165) is 10.6 Å². The SMILES string of the molecule is O=C([C@H]1CN(C(=O)c2csc(-c3ccccc3)n2)c2ccccc2O1)N1CCOCC1. The van der Waals surface area contributed by atoms with Gasteiger partial charge < -0.3 is 14.4 Å². The summed E-state index contributed by atoms with van der Waals surface area (Å²) in [6.07, 6.45) is -0.760. The number of ether oxygens (including phenoxy) is 2. The standard InChI is InChI=1S/C23H21N3O4S/c27-22(17-15-31-21(24-17)16-6-2-1-3-7-16)26-14-20(23(28)25-10-12-29-13-11-25)30-19-9-5-4-8-18(19)26/h1-9,15,20H,10-14H2/t20-/m1/s1. The van der Waals surface area contributed by atoms with Crippen molar-refractivity contribution in [2.45, 2.75) is 6.10 Å². The Kier molecular flexibility index (Phi) is 5.40. The molecule has 0 bridgehead atoms. The molecule has 31 heavy (non-hydrogen) atoms. The molecule has 0 unspecified atom stereocenters. The first kappa shape index (κ1) is 19.7. The van der Waals surface area contributed by atoms with Crippen LogP contribution in [0.5, 0.6) is 5.75 Å². The van der Waals surface area contributed by atoms with E-state index in [1.165, 1.54) is 11.3 Å². The summed E-state index contributed by atoms with van der Waals surface area (Å²) in [5, 5.41) is 2.55. The summed E-state index contributed by atoms with van der Waals surface area (Å²) in [6.45, 7) is 2.23. The van der Waals surface area contributed by atoms with Crippen molar-refractivity contribution in [2.75, 3.05) is 37.7 Å². The van der Waals surface area contributed by atoms with Gasteiger partial charge in [-0.2, -0.15) is 0 Å². The lowest BCUT2D eigenvalue weighted by Gasteiger charge is -2.37. The van der Waals surface area contributed by atoms with E-state index in [1.54, 1.807) is 21.2 Å². The number of hydrogen-bond donors (Lipinski definition) is 0. The third-order valence-corrected chi connectivity index (χ3v) is 6.25. The summed E-state index contributed by atoms with van der Waals surface area (Å²) in [5.74, 6) is 0.153. The maximum atomic E-state index is 13.4. The summed E-state index contributed by atoms with van der Waals surface area (Å²) in [5.41, 5.74) is 1.97. The van der Waals surface area contributed by atoms with Crippen LogP contribution < -0.4 is 9.64 Å². The molecule has 0 radical (unpaired) electrons. The van der Waals surface area contributed by atoms with Crippen LogP contribution in [-0.4, -0.2) is 60.7 Å². The molecule has 2 aromatic carbocycles. The molecule has 3 heterocycles. The molecule has 1 saturated heterocycles. The zero-order valence-electron chi connectivity index (χ0n) is 16.8. The van der Waals surface area contributed by atoms with Crippen molar-refractivity contribution in [3.8, 4) is 16.3 Å². The van der Waals surface area contributed by atoms with E-state index < -0.39 is 6.10 Å². The smallest absolute Gasteiger partial charge is 0.278 e. The summed E-state index contributed by atoms with van der Waals surface area (Å²) in [4.78, 5) is 34.4. The Morgan fingerprint density at radius 1 is 1.00 bits per heavy atom. The molecular weight excluding hydrogens is 414 g/mol. The summed E-state index contributed by atoms with van der Waals surface area (Å²) < 4.78 is 11.3. The molecule has 2 amide bonds. The molecular formula is C23H21N3O4S. The van der Waals surface area contributed by atoms with Crippen LogP contribution in [0.25, 0.3) is 10.6 Å². The highest BCUT2D eigenvalue weighted by atomic mass is 32.1. The van der Waals surface area contributed by atoms with Crippen LogP contribution in [0.4, 0.5) is 5.69 Å². The zero-order chi connectivity index (χ0) is 21.2. The van der Waals surface area contributed by atoms with E-state index in [4.69, 9.17) is 9.47 Å². The summed E-state index contributed by atoms with van der Waals surface area (Å²) >= 11 is 1.43. The Bertz CT molecular complexity index is 1090. The van der Waals surface area contributed by atoms with Gasteiger partial charge in [-0.1, -0.05) is 42.5 Å². The van der Waals surface area contributed by atoms with Gasteiger partial charge in [0.2, 0.25) is 0 Å². The van der Waals surface area contributed by atoms with Crippen molar-refractivity contribution in [3.05, 3.63) is 65.7 Å². The van der Waals surface area contributed by atoms with Gasteiger partial charge in [-0.3, -0.25) is 14.5 Å². The lowest BCUT2D eigenvalue weighted by molar-refractivity contribution is -0.142. The van der Waals surface area contributed by atoms with Gasteiger partial charge in [0, 0.05) is 24.0 Å². The van der Waals surface area contributed by atoms with Gasteiger partial charge in [0.25, 0.3) is 11.8 Å². The average Bonchev–Trinajstić information content (AvgIpc) is 3.34. The Balaban J connectivity index is 1.42. The van der Waals surface area contributed by atoms with Crippen molar-refractivity contribution in [2.24, 2.45) is 0 Å². The minimum atomic E-state index is -0.760. The Labute approximate surface area is 183 Å². The number of nitrogens with zero attached hydrogens (tertiary/aromatic N) is 3. The first-order chi connectivity index (χ1) is 15.2. The minimum Gasteiger partial charge on any atom is -0.476 e. The van der Waals surface area contributed by atoms with Crippen LogP contribution >= 0.6 is 11.3 Å². The highest BCUT2D eigenvalue weighted by Crippen LogP contribution is 2.35. The quantitative estimate of drug-likeness (QED) is 0.632. The van der Waals surface area contributed by atoms with Crippen LogP contribution in [0, 0.1) is 0 Å². The molecule has 7 nitrogen and oxygen atoms in total. The number of amides is 2. The Morgan fingerprint density at radius 2 is 1.74 bits per heavy atom. The Hall–Kier alpha value is -3.23. The second-order valence-corrected chi connectivity index (χ2v) is 8.19. The predicted molar refractivity (Wildman–Crippen MR) is 117 cm³/mol. The molecule has 1 fully saturated rings. The fourth-order valence-corrected chi connectivity index (χ4v) is 4.57. The number of anilines is 1. The van der Waals surface area contributed by atoms with Crippen molar-refractivity contribution in [3.63, 3.8) is 0 Å². The fraction of sp³-hybridized carbons (Fsp3) is 0.261. The molecule has 1 aromatic heterocycles. The largest absolute Gasteiger partial charge is 0.476 e. The third kappa shape index (κ3) is 3.92. The van der Waals surface area contributed by atoms with Crippen LogP contribution in [0.3, 0.4) is 0 Å². The van der Waals surface area contributed by atoms with E-state index in [9.17, 15) is 9.59 Å². The van der Waals surface area contributed by atoms with Gasteiger partial charge in [0.05, 0.1) is 25.4 Å². The number of para-hydroxylation sites is 2. The van der Waals surface area contributed by atoms with Gasteiger partial charge in [0.1, 0.15) is 16.5 Å². The number of carbonyl (C=O) groups is 2. The second kappa shape index (κ2) is 8.49. The van der Waals surface area contributed by atoms with Crippen molar-refractivity contribution < 1.29 is 19.1 Å². The maximum Gasteiger partial charge on any atom is 0.278 e. The van der Waals surface area contributed by atoms with Crippen LogP contribution in [0.2, 0.25) is 0 Å². The van der Waals surface area contributed by atoms with Gasteiger partial charge in [-0.25, -0.2) is 4.98 Å². The molecule has 0 saturated carbocycles. The van der Waals surface area contributed by atoms with Crippen LogP contribution in [0.15, 0.2) is 60.0 Å². The molecule has 5 rings (SSSR count). The molecule has 0 aliphatic carbocycles. The maximum absolute atomic E-state index is 13.4. The number of benzene rings is 2. The van der Waals surface area contributed by atoms with Gasteiger partial charge in [0.15, 0.2) is 6.10 Å². The monoisotopic (exact) mass is 435 g/mol. The van der Waals surface area contributed by atoms with Gasteiger partial charge >= 0.3 is 0 Å². The second-order valence-electron chi connectivity index (χ2n) is 7.33. The van der Waals surface area contributed by atoms with Gasteiger partial charge in [-0.05, 0) is 12.1 Å². The molecule has 2 aliphatic heterocycles. The molecule has 1 atom stereocenters. The summed E-state index contributed by atoms with van der Waals surface area (Å²) in [6, 6.07) is 17.1. The lowest BCUT2D eigenvalue weighted by Crippen LogP contribution is -2.54. The number of rotatable bonds is 3. The lowest BCUT2D eigenvalue weighted by atomic mass is 10.1. The normalized spacial score (nSPS) is 18.3. The molecule has 0 spiro atoms. The molecule has 2 aliphatic rings. The van der Waals surface area contributed by atoms with E-state index >= 15 is 0 Å². The fourth-order valence-electron chi connectivity index (χ4n) is 3.77. The van der Waals surface area contributed by atoms with Crippen LogP contribution in [-0.2, 0) is 9.53 Å². The summed E-state index contributed by atoms with van der Waals surface area (Å²) in [7, 11) is 0. The van der Waals surface area contributed by atoms with E-state index in [0.29, 0.717) is 43.4 Å². The third-order valence-electron chi connectivity index (χ3n) is 5.36. The zero-order valence-corrected chi connectivity index (χ0v) is 17.6. The predicted octanol–water partition coefficient (Wildman–Crippen LogP) is 3.08. The van der Waals surface area contributed by atoms with Crippen molar-refractivity contribution >= 4 is 28.8 Å². The highest BCUT2D eigenvalue weighted by Gasteiger charge is 2.37. The number of carbonyl (C=O) groups excluding carboxylic acids is 2. The molecule has 3 aromatic rings. The highest BCUT2D eigenvalue weighted by molar-refractivity contribution is 7.13. The molecule has 0 N–H and O–H groups in total. The first-order valence-electron chi connectivity index (χ1n) is 10.2. The van der Waals surface area contributed by atoms with Crippen LogP contribution in [0.1, 0.15) is 10.5 Å². The number of hydrogen-bond acceptors (Lipinski definition) is 6. The average molecular weight is 436 g/mol. The number of aromatic nitrogens is 1. The molecule has 8 heteroatoms. The minimum absolute atomic E-state index is 0.126. The van der Waals surface area contributed by atoms with Crippen molar-refractivity contribution in [1.82, 2.24) is 9.88 Å². The van der Waals surface area contributed by atoms with E-state index in [2.05, 4.69) is 4.98 Å². The Morgan fingerprint density at radius 3 is 2.55 bits per heavy atom. The number of morpholine rings is 1. The first-order valence-corrected chi connectivity index (χ1v) is 11.0. The van der Waals surface area contributed by atoms with Gasteiger partial charge in [-0.15, -0.1) is 11.3 Å². The van der Waals surface area contributed by atoms with E-state index in [1.807, 2.05) is 48.5 Å². The van der Waals surface area contributed by atoms with Crippen molar-refractivity contribution in [1.29, 1.82) is 0 Å². The van der Waals surface area contributed by atoms with E-state index in [-0.39, 0.29) is 18.4 Å². The number of thiazole rings is 1. The molecule has 158 valence electrons. The number of fused-ring (bicyclic) bond motifs is 1.